The quantitative estimate of drug-likeness (QED) is 0.627. The van der Waals surface area contributed by atoms with Gasteiger partial charge in [0.2, 0.25) is 0 Å². The van der Waals surface area contributed by atoms with E-state index < -0.39 is 0 Å². The maximum atomic E-state index is 6.70. The van der Waals surface area contributed by atoms with Gasteiger partial charge in [0.15, 0.2) is 0 Å². The molecule has 5 unspecified atom stereocenters. The maximum absolute atomic E-state index is 6.70. The summed E-state index contributed by atoms with van der Waals surface area (Å²) in [4.78, 5) is 0. The van der Waals surface area contributed by atoms with Crippen LogP contribution in [0.1, 0.15) is 30.2 Å². The average molecular weight is 302 g/mol. The topological polar surface area (TPSA) is 0 Å². The van der Waals surface area contributed by atoms with Crippen LogP contribution in [0.15, 0.2) is 18.2 Å². The molecule has 5 atom stereocenters. The van der Waals surface area contributed by atoms with Gasteiger partial charge in [-0.1, -0.05) is 23.2 Å². The smallest absolute Gasteiger partial charge is 0.0634 e. The minimum absolute atomic E-state index is 0.0506. The zero-order chi connectivity index (χ0) is 12.4. The Bertz CT molecular complexity index is 483. The summed E-state index contributed by atoms with van der Waals surface area (Å²) in [7, 11) is 0. The average Bonchev–Trinajstić information content (AvgIpc) is 2.79. The van der Waals surface area contributed by atoms with Crippen LogP contribution in [0.25, 0.3) is 0 Å². The summed E-state index contributed by atoms with van der Waals surface area (Å²) in [6.07, 6.45) is 4.31. The zero-order valence-corrected chi connectivity index (χ0v) is 12.2. The number of rotatable bonds is 2. The highest BCUT2D eigenvalue weighted by molar-refractivity contribution is 6.34. The van der Waals surface area contributed by atoms with Crippen molar-refractivity contribution in [2.24, 2.45) is 29.6 Å². The third-order valence-electron chi connectivity index (χ3n) is 5.39. The molecule has 18 heavy (non-hydrogen) atoms. The SMILES string of the molecule is Clc1ccc(Cl)c(C(Cl)C2C3C4CCC(C4)C32)c1. The first-order valence-corrected chi connectivity index (χ1v) is 7.95. The van der Waals surface area contributed by atoms with E-state index in [2.05, 4.69) is 0 Å². The second kappa shape index (κ2) is 4.04. The van der Waals surface area contributed by atoms with Crippen LogP contribution in [0, 0.1) is 29.6 Å². The first-order chi connectivity index (χ1) is 8.66. The Balaban J connectivity index is 1.61. The molecule has 0 nitrogen and oxygen atoms in total. The molecule has 0 heterocycles. The van der Waals surface area contributed by atoms with Crippen molar-refractivity contribution < 1.29 is 0 Å². The number of alkyl halides is 1. The predicted molar refractivity (Wildman–Crippen MR) is 76.4 cm³/mol. The summed E-state index contributed by atoms with van der Waals surface area (Å²) in [5, 5.41) is 1.54. The van der Waals surface area contributed by atoms with Gasteiger partial charge in [-0.25, -0.2) is 0 Å². The van der Waals surface area contributed by atoms with Crippen molar-refractivity contribution in [2.45, 2.75) is 24.6 Å². The summed E-state index contributed by atoms with van der Waals surface area (Å²) >= 11 is 19.0. The Morgan fingerprint density at radius 3 is 2.39 bits per heavy atom. The molecule has 0 N–H and O–H groups in total. The summed E-state index contributed by atoms with van der Waals surface area (Å²) in [5.74, 6) is 4.30. The Morgan fingerprint density at radius 1 is 1.06 bits per heavy atom. The molecule has 96 valence electrons. The van der Waals surface area contributed by atoms with Gasteiger partial charge in [0.25, 0.3) is 0 Å². The van der Waals surface area contributed by atoms with E-state index >= 15 is 0 Å². The van der Waals surface area contributed by atoms with E-state index in [0.717, 1.165) is 39.3 Å². The normalized spacial score (nSPS) is 41.8. The third kappa shape index (κ3) is 1.58. The van der Waals surface area contributed by atoms with Gasteiger partial charge in [-0.3, -0.25) is 0 Å². The Morgan fingerprint density at radius 2 is 1.72 bits per heavy atom. The van der Waals surface area contributed by atoms with Crippen molar-refractivity contribution in [2.75, 3.05) is 0 Å². The van der Waals surface area contributed by atoms with E-state index in [0.29, 0.717) is 5.92 Å². The van der Waals surface area contributed by atoms with Crippen molar-refractivity contribution in [1.29, 1.82) is 0 Å². The monoisotopic (exact) mass is 300 g/mol. The zero-order valence-electron chi connectivity index (χ0n) is 9.95. The fraction of sp³-hybridized carbons (Fsp3) is 0.600. The highest BCUT2D eigenvalue weighted by Crippen LogP contribution is 2.73. The predicted octanol–water partition coefficient (Wildman–Crippen LogP) is 5.57. The van der Waals surface area contributed by atoms with E-state index in [1.165, 1.54) is 19.3 Å². The molecule has 0 amide bonds. The molecule has 0 aromatic heterocycles. The van der Waals surface area contributed by atoms with Crippen LogP contribution in [0.5, 0.6) is 0 Å². The van der Waals surface area contributed by atoms with Crippen molar-refractivity contribution >= 4 is 34.8 Å². The Kier molecular flexibility index (Phi) is 2.67. The van der Waals surface area contributed by atoms with Gasteiger partial charge in [-0.05, 0) is 72.6 Å². The Hall–Kier alpha value is 0.0900. The molecule has 0 saturated heterocycles. The molecule has 3 aliphatic carbocycles. The highest BCUT2D eigenvalue weighted by Gasteiger charge is 2.66. The summed E-state index contributed by atoms with van der Waals surface area (Å²) in [6, 6.07) is 5.63. The molecule has 1 aromatic rings. The van der Waals surface area contributed by atoms with Gasteiger partial charge in [0.1, 0.15) is 0 Å². The minimum Gasteiger partial charge on any atom is -0.117 e. The lowest BCUT2D eigenvalue weighted by molar-refractivity contribution is 0.455. The van der Waals surface area contributed by atoms with Crippen molar-refractivity contribution in [3.05, 3.63) is 33.8 Å². The second-order valence-electron chi connectivity index (χ2n) is 6.13. The number of fused-ring (bicyclic) bond motifs is 5. The van der Waals surface area contributed by atoms with Crippen LogP contribution in [0.2, 0.25) is 10.0 Å². The Labute approximate surface area is 123 Å². The molecule has 1 aromatic carbocycles. The fourth-order valence-corrected chi connectivity index (χ4v) is 5.71. The molecule has 3 aliphatic rings. The third-order valence-corrected chi connectivity index (χ3v) is 6.49. The van der Waals surface area contributed by atoms with Gasteiger partial charge in [-0.15, -0.1) is 11.6 Å². The largest absolute Gasteiger partial charge is 0.117 e. The van der Waals surface area contributed by atoms with Gasteiger partial charge in [-0.2, -0.15) is 0 Å². The van der Waals surface area contributed by atoms with E-state index in [-0.39, 0.29) is 5.38 Å². The highest BCUT2D eigenvalue weighted by atomic mass is 35.5. The molecular weight excluding hydrogens is 287 g/mol. The van der Waals surface area contributed by atoms with Gasteiger partial charge >= 0.3 is 0 Å². The molecule has 3 saturated carbocycles. The van der Waals surface area contributed by atoms with Crippen LogP contribution in [-0.4, -0.2) is 0 Å². The maximum Gasteiger partial charge on any atom is 0.0634 e. The lowest BCUT2D eigenvalue weighted by atomic mass is 9.97. The molecule has 0 radical (unpaired) electrons. The number of benzene rings is 1. The van der Waals surface area contributed by atoms with E-state index in [4.69, 9.17) is 34.8 Å². The molecular formula is C15H15Cl3. The molecule has 2 bridgehead atoms. The summed E-state index contributed by atoms with van der Waals surface area (Å²) < 4.78 is 0. The van der Waals surface area contributed by atoms with E-state index in [1.807, 2.05) is 18.2 Å². The fourth-order valence-electron chi connectivity index (χ4n) is 4.72. The van der Waals surface area contributed by atoms with Gasteiger partial charge in [0.05, 0.1) is 5.38 Å². The van der Waals surface area contributed by atoms with E-state index in [9.17, 15) is 0 Å². The van der Waals surface area contributed by atoms with Crippen LogP contribution in [0.3, 0.4) is 0 Å². The van der Waals surface area contributed by atoms with Crippen molar-refractivity contribution in [3.63, 3.8) is 0 Å². The lowest BCUT2D eigenvalue weighted by Gasteiger charge is -2.16. The van der Waals surface area contributed by atoms with Crippen molar-refractivity contribution in [1.82, 2.24) is 0 Å². The standard InChI is InChI=1S/C15H15Cl3/c16-9-3-4-11(17)10(6-9)15(18)14-12-7-1-2-8(5-7)13(12)14/h3-4,6-8,12-15H,1-2,5H2. The van der Waals surface area contributed by atoms with Crippen LogP contribution >= 0.6 is 34.8 Å². The first-order valence-electron chi connectivity index (χ1n) is 6.76. The first kappa shape index (κ1) is 11.9. The molecule has 3 heteroatoms. The molecule has 4 rings (SSSR count). The summed E-state index contributed by atoms with van der Waals surface area (Å²) in [6.45, 7) is 0. The second-order valence-corrected chi connectivity index (χ2v) is 7.45. The lowest BCUT2D eigenvalue weighted by Crippen LogP contribution is -2.04. The number of hydrogen-bond donors (Lipinski definition) is 0. The van der Waals surface area contributed by atoms with E-state index in [1.54, 1.807) is 0 Å². The molecule has 0 spiro atoms. The summed E-state index contributed by atoms with van der Waals surface area (Å²) in [5.41, 5.74) is 1.03. The van der Waals surface area contributed by atoms with Crippen LogP contribution in [-0.2, 0) is 0 Å². The van der Waals surface area contributed by atoms with Crippen LogP contribution in [0.4, 0.5) is 0 Å². The van der Waals surface area contributed by atoms with Crippen molar-refractivity contribution in [3.8, 4) is 0 Å². The van der Waals surface area contributed by atoms with Gasteiger partial charge < -0.3 is 0 Å². The van der Waals surface area contributed by atoms with Crippen LogP contribution < -0.4 is 0 Å². The number of halogens is 3. The molecule has 3 fully saturated rings. The molecule has 0 aliphatic heterocycles. The number of hydrogen-bond acceptors (Lipinski definition) is 0. The minimum atomic E-state index is 0.0506. The van der Waals surface area contributed by atoms with Gasteiger partial charge in [0, 0.05) is 10.0 Å².